The maximum atomic E-state index is 12.9. The number of benzene rings is 2. The Morgan fingerprint density at radius 2 is 1.58 bits per heavy atom. The zero-order valence-corrected chi connectivity index (χ0v) is 21.2. The predicted molar refractivity (Wildman–Crippen MR) is 136 cm³/mol. The first-order valence-corrected chi connectivity index (χ1v) is 11.9. The summed E-state index contributed by atoms with van der Waals surface area (Å²) in [6.07, 6.45) is -0.0224. The van der Waals surface area contributed by atoms with Crippen molar-refractivity contribution in [2.75, 3.05) is 19.8 Å². The van der Waals surface area contributed by atoms with Crippen LogP contribution in [0.1, 0.15) is 44.7 Å². The van der Waals surface area contributed by atoms with Gasteiger partial charge in [0.25, 0.3) is 0 Å². The van der Waals surface area contributed by atoms with Crippen LogP contribution in [0.4, 0.5) is 4.79 Å². The molecule has 0 unspecified atom stereocenters. The van der Waals surface area contributed by atoms with Crippen LogP contribution in [0.3, 0.4) is 0 Å². The Kier molecular flexibility index (Phi) is 8.88. The Bertz CT molecular complexity index is 1060. The van der Waals surface area contributed by atoms with Crippen LogP contribution in [0.2, 0.25) is 0 Å². The van der Waals surface area contributed by atoms with Crippen molar-refractivity contribution in [3.63, 3.8) is 0 Å². The quantitative estimate of drug-likeness (QED) is 0.383. The fraction of sp³-hybridized carbons (Fsp3) is 0.393. The average Bonchev–Trinajstić information content (AvgIpc) is 3.15. The first kappa shape index (κ1) is 26.9. The van der Waals surface area contributed by atoms with Crippen molar-refractivity contribution in [2.24, 2.45) is 0 Å². The maximum absolute atomic E-state index is 12.9. The SMILES string of the molecule is C=CCOC(=O)CNC(=O)[C@@H](NC(=O)OCC1c2ccccc2-c2ccccc21)[C@@H](C)OC(C)(C)C. The summed E-state index contributed by atoms with van der Waals surface area (Å²) in [5, 5.41) is 5.10. The summed E-state index contributed by atoms with van der Waals surface area (Å²) < 4.78 is 16.4. The number of carbonyl (C=O) groups excluding carboxylic acids is 3. The summed E-state index contributed by atoms with van der Waals surface area (Å²) in [7, 11) is 0. The molecule has 0 radical (unpaired) electrons. The van der Waals surface area contributed by atoms with Gasteiger partial charge in [-0.15, -0.1) is 0 Å². The van der Waals surface area contributed by atoms with Crippen LogP contribution < -0.4 is 10.6 Å². The molecule has 2 aromatic carbocycles. The van der Waals surface area contributed by atoms with E-state index in [1.165, 1.54) is 6.08 Å². The lowest BCUT2D eigenvalue weighted by Crippen LogP contribution is -2.55. The van der Waals surface area contributed by atoms with Crippen LogP contribution in [-0.4, -0.2) is 55.5 Å². The van der Waals surface area contributed by atoms with Crippen LogP contribution in [-0.2, 0) is 23.8 Å². The highest BCUT2D eigenvalue weighted by molar-refractivity contribution is 5.89. The maximum Gasteiger partial charge on any atom is 0.407 e. The van der Waals surface area contributed by atoms with Gasteiger partial charge in [-0.05, 0) is 49.9 Å². The predicted octanol–water partition coefficient (Wildman–Crippen LogP) is 3.94. The fourth-order valence-electron chi connectivity index (χ4n) is 4.26. The number of fused-ring (bicyclic) bond motifs is 3. The third-order valence-electron chi connectivity index (χ3n) is 5.68. The van der Waals surface area contributed by atoms with E-state index >= 15 is 0 Å². The number of carbonyl (C=O) groups is 3. The fourth-order valence-corrected chi connectivity index (χ4v) is 4.26. The van der Waals surface area contributed by atoms with Gasteiger partial charge in [-0.25, -0.2) is 4.79 Å². The normalized spacial score (nSPS) is 14.1. The minimum absolute atomic E-state index is 0.0413. The summed E-state index contributed by atoms with van der Waals surface area (Å²) in [5.41, 5.74) is 3.85. The Morgan fingerprint density at radius 3 is 2.14 bits per heavy atom. The standard InChI is InChI=1S/C28H34N2O6/c1-6-15-34-24(31)16-29-26(32)25(18(2)36-28(3,4)5)30-27(33)35-17-23-21-13-9-7-11-19(21)20-12-8-10-14-22(20)23/h6-14,18,23,25H,1,15-17H2,2-5H3,(H,29,32)(H,30,33)/t18-,25+/m1/s1. The summed E-state index contributed by atoms with van der Waals surface area (Å²) >= 11 is 0. The molecule has 1 aliphatic rings. The van der Waals surface area contributed by atoms with Gasteiger partial charge in [0, 0.05) is 5.92 Å². The minimum Gasteiger partial charge on any atom is -0.460 e. The minimum atomic E-state index is -1.09. The highest BCUT2D eigenvalue weighted by atomic mass is 16.6. The summed E-state index contributed by atoms with van der Waals surface area (Å²) in [6.45, 7) is 10.5. The highest BCUT2D eigenvalue weighted by Gasteiger charge is 2.33. The number of hydrogen-bond donors (Lipinski definition) is 2. The van der Waals surface area contributed by atoms with E-state index < -0.39 is 35.7 Å². The summed E-state index contributed by atoms with van der Waals surface area (Å²) in [6, 6.07) is 15.0. The first-order chi connectivity index (χ1) is 17.1. The van der Waals surface area contributed by atoms with Crippen LogP contribution in [0, 0.1) is 0 Å². The third-order valence-corrected chi connectivity index (χ3v) is 5.68. The van der Waals surface area contributed by atoms with Crippen molar-refractivity contribution in [2.45, 2.75) is 51.4 Å². The largest absolute Gasteiger partial charge is 0.460 e. The van der Waals surface area contributed by atoms with Crippen LogP contribution in [0.5, 0.6) is 0 Å². The number of nitrogens with one attached hydrogen (secondary N) is 2. The molecule has 2 amide bonds. The van der Waals surface area contributed by atoms with E-state index in [2.05, 4.69) is 29.3 Å². The molecule has 1 aliphatic carbocycles. The number of ether oxygens (including phenoxy) is 3. The molecule has 0 spiro atoms. The Labute approximate surface area is 212 Å². The van der Waals surface area contributed by atoms with Gasteiger partial charge in [-0.2, -0.15) is 0 Å². The Balaban J connectivity index is 1.67. The lowest BCUT2D eigenvalue weighted by molar-refractivity contribution is -0.144. The number of alkyl carbamates (subject to hydrolysis) is 1. The third kappa shape index (κ3) is 6.95. The van der Waals surface area contributed by atoms with E-state index in [4.69, 9.17) is 14.2 Å². The molecule has 36 heavy (non-hydrogen) atoms. The number of amides is 2. The van der Waals surface area contributed by atoms with E-state index in [1.54, 1.807) is 6.92 Å². The molecule has 8 nitrogen and oxygen atoms in total. The van der Waals surface area contributed by atoms with E-state index in [-0.39, 0.29) is 25.7 Å². The van der Waals surface area contributed by atoms with Crippen molar-refractivity contribution >= 4 is 18.0 Å². The summed E-state index contributed by atoms with van der Waals surface area (Å²) in [5.74, 6) is -1.32. The lowest BCUT2D eigenvalue weighted by Gasteiger charge is -2.30. The first-order valence-electron chi connectivity index (χ1n) is 11.9. The number of hydrogen-bond acceptors (Lipinski definition) is 6. The molecule has 0 aliphatic heterocycles. The summed E-state index contributed by atoms with van der Waals surface area (Å²) in [4.78, 5) is 37.5. The van der Waals surface area contributed by atoms with E-state index in [1.807, 2.05) is 57.2 Å². The van der Waals surface area contributed by atoms with Crippen molar-refractivity contribution < 1.29 is 28.6 Å². The molecule has 2 atom stereocenters. The smallest absolute Gasteiger partial charge is 0.407 e. The second-order valence-corrected chi connectivity index (χ2v) is 9.57. The van der Waals surface area contributed by atoms with Gasteiger partial charge in [0.05, 0.1) is 11.7 Å². The molecular formula is C28H34N2O6. The zero-order chi connectivity index (χ0) is 26.3. The molecule has 2 N–H and O–H groups in total. The second kappa shape index (κ2) is 11.9. The van der Waals surface area contributed by atoms with Crippen molar-refractivity contribution in [1.82, 2.24) is 10.6 Å². The highest BCUT2D eigenvalue weighted by Crippen LogP contribution is 2.44. The Morgan fingerprint density at radius 1 is 1.00 bits per heavy atom. The molecule has 0 aromatic heterocycles. The Hall–Kier alpha value is -3.65. The van der Waals surface area contributed by atoms with Crippen LogP contribution >= 0.6 is 0 Å². The number of esters is 1. The van der Waals surface area contributed by atoms with Gasteiger partial charge in [0.1, 0.15) is 25.8 Å². The molecule has 3 rings (SSSR count). The monoisotopic (exact) mass is 494 g/mol. The van der Waals surface area contributed by atoms with Gasteiger partial charge in [-0.3, -0.25) is 9.59 Å². The molecular weight excluding hydrogens is 460 g/mol. The molecule has 0 saturated carbocycles. The molecule has 192 valence electrons. The molecule has 8 heteroatoms. The van der Waals surface area contributed by atoms with Crippen LogP contribution in [0.25, 0.3) is 11.1 Å². The van der Waals surface area contributed by atoms with Crippen LogP contribution in [0.15, 0.2) is 61.2 Å². The van der Waals surface area contributed by atoms with Crippen molar-refractivity contribution in [1.29, 1.82) is 0 Å². The van der Waals surface area contributed by atoms with Gasteiger partial charge < -0.3 is 24.8 Å². The lowest BCUT2D eigenvalue weighted by atomic mass is 9.98. The van der Waals surface area contributed by atoms with Gasteiger partial charge in [-0.1, -0.05) is 61.2 Å². The molecule has 0 saturated heterocycles. The van der Waals surface area contributed by atoms with E-state index in [0.29, 0.717) is 0 Å². The van der Waals surface area contributed by atoms with Gasteiger partial charge >= 0.3 is 12.1 Å². The average molecular weight is 495 g/mol. The molecule has 2 aromatic rings. The van der Waals surface area contributed by atoms with Crippen molar-refractivity contribution in [3.05, 3.63) is 72.3 Å². The topological polar surface area (TPSA) is 103 Å². The van der Waals surface area contributed by atoms with Crippen molar-refractivity contribution in [3.8, 4) is 11.1 Å². The molecule has 0 bridgehead atoms. The van der Waals surface area contributed by atoms with Gasteiger partial charge in [0.2, 0.25) is 5.91 Å². The van der Waals surface area contributed by atoms with E-state index in [9.17, 15) is 14.4 Å². The van der Waals surface area contributed by atoms with E-state index in [0.717, 1.165) is 22.3 Å². The van der Waals surface area contributed by atoms with Gasteiger partial charge in [0.15, 0.2) is 0 Å². The second-order valence-electron chi connectivity index (χ2n) is 9.57. The zero-order valence-electron chi connectivity index (χ0n) is 21.2. The molecule has 0 heterocycles. The molecule has 0 fully saturated rings. The number of rotatable bonds is 10.